The maximum Gasteiger partial charge on any atom is 0.257 e. The van der Waals surface area contributed by atoms with Gasteiger partial charge in [-0.25, -0.2) is 8.42 Å². The van der Waals surface area contributed by atoms with Crippen molar-refractivity contribution in [1.82, 2.24) is 0 Å². The number of nitrogens with one attached hydrogen (secondary N) is 2. The normalized spacial score (nSPS) is 14.6. The molecule has 1 amide bonds. The molecular weight excluding hydrogens is 412 g/mol. The van der Waals surface area contributed by atoms with Gasteiger partial charge in [-0.15, -0.1) is 0 Å². The van der Waals surface area contributed by atoms with Crippen molar-refractivity contribution in [1.29, 1.82) is 0 Å². The lowest BCUT2D eigenvalue weighted by Crippen LogP contribution is -2.14. The fourth-order valence-electron chi connectivity index (χ4n) is 3.55. The molecule has 158 valence electrons. The molecule has 0 saturated heterocycles. The van der Waals surface area contributed by atoms with Crippen LogP contribution in [0.3, 0.4) is 0 Å². The van der Waals surface area contributed by atoms with Gasteiger partial charge >= 0.3 is 0 Å². The summed E-state index contributed by atoms with van der Waals surface area (Å²) < 4.78 is 31.9. The molecule has 3 aromatic carbocycles. The van der Waals surface area contributed by atoms with Gasteiger partial charge < -0.3 is 10.1 Å². The maximum atomic E-state index is 13.1. The van der Waals surface area contributed by atoms with E-state index in [4.69, 9.17) is 4.74 Å². The van der Waals surface area contributed by atoms with E-state index in [2.05, 4.69) is 10.0 Å². The van der Waals surface area contributed by atoms with Gasteiger partial charge in [0.1, 0.15) is 5.75 Å². The van der Waals surface area contributed by atoms with Crippen LogP contribution in [0.25, 0.3) is 11.1 Å². The van der Waals surface area contributed by atoms with E-state index in [-0.39, 0.29) is 11.7 Å². The number of carbonyl (C=O) groups is 1. The van der Waals surface area contributed by atoms with E-state index in [1.807, 2.05) is 54.6 Å². The Morgan fingerprint density at radius 2 is 1.65 bits per heavy atom. The van der Waals surface area contributed by atoms with E-state index in [0.29, 0.717) is 28.3 Å². The molecule has 0 unspecified atom stereocenters. The average Bonchev–Trinajstić information content (AvgIpc) is 3.10. The van der Waals surface area contributed by atoms with Crippen molar-refractivity contribution in [3.8, 4) is 5.75 Å². The first-order valence-electron chi connectivity index (χ1n) is 9.82. The Balaban J connectivity index is 1.94. The molecule has 0 atom stereocenters. The summed E-state index contributed by atoms with van der Waals surface area (Å²) in [5.41, 5.74) is 4.68. The molecule has 1 heterocycles. The number of anilines is 2. The zero-order valence-corrected chi connectivity index (χ0v) is 18.0. The van der Waals surface area contributed by atoms with E-state index in [1.54, 1.807) is 32.2 Å². The Bertz CT molecular complexity index is 1260. The van der Waals surface area contributed by atoms with Crippen molar-refractivity contribution in [2.75, 3.05) is 22.9 Å². The van der Waals surface area contributed by atoms with Gasteiger partial charge in [0.15, 0.2) is 0 Å². The summed E-state index contributed by atoms with van der Waals surface area (Å²) in [6.07, 6.45) is 0. The van der Waals surface area contributed by atoms with Crippen LogP contribution in [-0.2, 0) is 14.8 Å². The van der Waals surface area contributed by atoms with Crippen molar-refractivity contribution in [2.24, 2.45) is 0 Å². The Labute approximate surface area is 181 Å². The van der Waals surface area contributed by atoms with Crippen molar-refractivity contribution < 1.29 is 17.9 Å². The number of ether oxygens (including phenoxy) is 1. The molecule has 3 aromatic rings. The summed E-state index contributed by atoms with van der Waals surface area (Å²) in [6.45, 7) is 1.57. The van der Waals surface area contributed by atoms with Crippen LogP contribution in [0.15, 0.2) is 72.8 Å². The van der Waals surface area contributed by atoms with Gasteiger partial charge in [-0.1, -0.05) is 42.5 Å². The van der Waals surface area contributed by atoms with Crippen LogP contribution in [0.1, 0.15) is 23.6 Å². The third-order valence-corrected chi connectivity index (χ3v) is 6.42. The molecule has 6 nitrogen and oxygen atoms in total. The molecule has 0 aliphatic carbocycles. The average molecular weight is 435 g/mol. The third kappa shape index (κ3) is 4.18. The van der Waals surface area contributed by atoms with Crippen LogP contribution in [-0.4, -0.2) is 27.2 Å². The number of carbonyl (C=O) groups excluding carboxylic acids is 1. The van der Waals surface area contributed by atoms with Crippen molar-refractivity contribution >= 4 is 38.5 Å². The number of hydrogen-bond acceptors (Lipinski definition) is 4. The minimum absolute atomic E-state index is 0.0366. The zero-order valence-electron chi connectivity index (χ0n) is 17.2. The van der Waals surface area contributed by atoms with Crippen LogP contribution in [0, 0.1) is 0 Å². The number of sulfonamides is 1. The van der Waals surface area contributed by atoms with Crippen LogP contribution >= 0.6 is 0 Å². The highest BCUT2D eigenvalue weighted by Gasteiger charge is 2.29. The largest absolute Gasteiger partial charge is 0.497 e. The highest BCUT2D eigenvalue weighted by molar-refractivity contribution is 7.92. The summed E-state index contributed by atoms with van der Waals surface area (Å²) in [5, 5.41) is 2.90. The van der Waals surface area contributed by atoms with Gasteiger partial charge in [-0.2, -0.15) is 0 Å². The number of methoxy groups -OCH3 is 1. The molecule has 0 saturated carbocycles. The molecule has 0 spiro atoms. The van der Waals surface area contributed by atoms with E-state index >= 15 is 0 Å². The second-order valence-electron chi connectivity index (χ2n) is 7.06. The lowest BCUT2D eigenvalue weighted by atomic mass is 9.90. The van der Waals surface area contributed by atoms with Crippen molar-refractivity contribution in [3.63, 3.8) is 0 Å². The van der Waals surface area contributed by atoms with E-state index in [1.165, 1.54) is 0 Å². The van der Waals surface area contributed by atoms with Crippen LogP contribution in [0.5, 0.6) is 5.75 Å². The predicted molar refractivity (Wildman–Crippen MR) is 124 cm³/mol. The summed E-state index contributed by atoms with van der Waals surface area (Å²) in [5.74, 6) is 0.444. The highest BCUT2D eigenvalue weighted by atomic mass is 32.2. The second kappa shape index (κ2) is 8.28. The zero-order chi connectivity index (χ0) is 22.0. The Morgan fingerprint density at radius 3 is 2.29 bits per heavy atom. The van der Waals surface area contributed by atoms with Crippen molar-refractivity contribution in [2.45, 2.75) is 6.92 Å². The molecule has 1 aliphatic heterocycles. The number of rotatable bonds is 6. The quantitative estimate of drug-likeness (QED) is 0.565. The molecule has 0 fully saturated rings. The first-order valence-corrected chi connectivity index (χ1v) is 11.5. The van der Waals surface area contributed by atoms with E-state index in [0.717, 1.165) is 16.7 Å². The minimum atomic E-state index is -3.44. The summed E-state index contributed by atoms with van der Waals surface area (Å²) in [4.78, 5) is 13.1. The number of benzene rings is 3. The van der Waals surface area contributed by atoms with Crippen LogP contribution in [0.4, 0.5) is 11.4 Å². The van der Waals surface area contributed by atoms with Gasteiger partial charge in [0.05, 0.1) is 18.4 Å². The topological polar surface area (TPSA) is 84.5 Å². The number of fused-ring (bicyclic) bond motifs is 1. The van der Waals surface area contributed by atoms with Gasteiger partial charge in [-0.3, -0.25) is 9.52 Å². The van der Waals surface area contributed by atoms with Crippen molar-refractivity contribution in [3.05, 3.63) is 89.5 Å². The van der Waals surface area contributed by atoms with Gasteiger partial charge in [0.2, 0.25) is 10.0 Å². The van der Waals surface area contributed by atoms with Crippen LogP contribution < -0.4 is 14.8 Å². The molecule has 0 radical (unpaired) electrons. The predicted octanol–water partition coefficient (Wildman–Crippen LogP) is 4.37. The number of hydrogen-bond donors (Lipinski definition) is 2. The monoisotopic (exact) mass is 434 g/mol. The summed E-state index contributed by atoms with van der Waals surface area (Å²) >= 11 is 0. The van der Waals surface area contributed by atoms with Gasteiger partial charge in [0.25, 0.3) is 5.91 Å². The fourth-order valence-corrected chi connectivity index (χ4v) is 4.18. The molecule has 31 heavy (non-hydrogen) atoms. The highest BCUT2D eigenvalue weighted by Crippen LogP contribution is 2.41. The van der Waals surface area contributed by atoms with E-state index < -0.39 is 10.0 Å². The van der Waals surface area contributed by atoms with Gasteiger partial charge in [-0.05, 0) is 48.4 Å². The van der Waals surface area contributed by atoms with Gasteiger partial charge in [0, 0.05) is 22.5 Å². The molecule has 4 rings (SSSR count). The maximum absolute atomic E-state index is 13.1. The third-order valence-electron chi connectivity index (χ3n) is 5.11. The lowest BCUT2D eigenvalue weighted by Gasteiger charge is -2.14. The Morgan fingerprint density at radius 1 is 0.968 bits per heavy atom. The van der Waals surface area contributed by atoms with Crippen LogP contribution in [0.2, 0.25) is 0 Å². The second-order valence-corrected chi connectivity index (χ2v) is 9.08. The molecule has 7 heteroatoms. The molecule has 0 aromatic heterocycles. The standard InChI is InChI=1S/C24H22N2O4S/c1-3-31(28,29)26-18-11-14-21-20(15-18)23(24(27)25-21)22(16-7-5-4-6-8-16)17-9-12-19(30-2)13-10-17/h4-15,26H,3H2,1-2H3,(H,25,27)/b23-22-. The summed E-state index contributed by atoms with van der Waals surface area (Å²) in [6, 6.07) is 22.2. The number of amides is 1. The Hall–Kier alpha value is -3.58. The molecule has 0 bridgehead atoms. The smallest absolute Gasteiger partial charge is 0.257 e. The molecule has 1 aliphatic rings. The first kappa shape index (κ1) is 20.7. The lowest BCUT2D eigenvalue weighted by molar-refractivity contribution is -0.110. The first-order chi connectivity index (χ1) is 14.9. The molecular formula is C24H22N2O4S. The minimum Gasteiger partial charge on any atom is -0.497 e. The van der Waals surface area contributed by atoms with E-state index in [9.17, 15) is 13.2 Å². The summed E-state index contributed by atoms with van der Waals surface area (Å²) in [7, 11) is -1.84. The Kier molecular flexibility index (Phi) is 5.52. The molecule has 2 N–H and O–H groups in total. The fraction of sp³-hybridized carbons (Fsp3) is 0.125. The SMILES string of the molecule is CCS(=O)(=O)Nc1ccc2c(c1)/C(=C(\c1ccccc1)c1ccc(OC)cc1)C(=O)N2.